The Kier molecular flexibility index (Phi) is 3.93. The summed E-state index contributed by atoms with van der Waals surface area (Å²) in [6.45, 7) is 7.33. The summed E-state index contributed by atoms with van der Waals surface area (Å²) >= 11 is 0. The van der Waals surface area contributed by atoms with Gasteiger partial charge in [-0.15, -0.1) is 0 Å². The Morgan fingerprint density at radius 3 is 2.56 bits per heavy atom. The van der Waals surface area contributed by atoms with Gasteiger partial charge in [0.05, 0.1) is 0 Å². The van der Waals surface area contributed by atoms with Crippen molar-refractivity contribution in [1.82, 2.24) is 0 Å². The molecule has 1 rings (SSSR count). The van der Waals surface area contributed by atoms with E-state index in [2.05, 4.69) is 24.8 Å². The van der Waals surface area contributed by atoms with E-state index in [9.17, 15) is 0 Å². The van der Waals surface area contributed by atoms with Gasteiger partial charge in [-0.2, -0.15) is 0 Å². The number of amidine groups is 1. The van der Waals surface area contributed by atoms with Crippen LogP contribution in [0.4, 0.5) is 5.69 Å². The zero-order chi connectivity index (χ0) is 12.3. The van der Waals surface area contributed by atoms with E-state index in [1.54, 1.807) is 0 Å². The lowest BCUT2D eigenvalue weighted by atomic mass is 10.1. The summed E-state index contributed by atoms with van der Waals surface area (Å²) in [6.07, 6.45) is 0. The second-order valence-corrected chi connectivity index (χ2v) is 4.71. The van der Waals surface area contributed by atoms with Crippen molar-refractivity contribution in [3.8, 4) is 0 Å². The van der Waals surface area contributed by atoms with Gasteiger partial charge in [0.1, 0.15) is 5.84 Å². The quantitative estimate of drug-likeness (QED) is 0.603. The predicted molar refractivity (Wildman–Crippen MR) is 70.3 cm³/mol. The first kappa shape index (κ1) is 12.6. The van der Waals surface area contributed by atoms with Crippen molar-refractivity contribution in [2.45, 2.75) is 20.8 Å². The smallest absolute Gasteiger partial charge is 0.124 e. The molecule has 0 atom stereocenters. The van der Waals surface area contributed by atoms with Gasteiger partial charge in [-0.1, -0.05) is 25.5 Å². The van der Waals surface area contributed by atoms with Crippen molar-refractivity contribution in [3.05, 3.63) is 29.3 Å². The van der Waals surface area contributed by atoms with Crippen molar-refractivity contribution >= 4 is 11.5 Å². The lowest BCUT2D eigenvalue weighted by Gasteiger charge is -2.24. The van der Waals surface area contributed by atoms with Crippen molar-refractivity contribution < 1.29 is 0 Å². The molecule has 16 heavy (non-hydrogen) atoms. The summed E-state index contributed by atoms with van der Waals surface area (Å²) in [6, 6.07) is 6.06. The lowest BCUT2D eigenvalue weighted by Crippen LogP contribution is -2.26. The number of nitrogens with zero attached hydrogens (tertiary/aromatic N) is 1. The minimum atomic E-state index is 0.134. The van der Waals surface area contributed by atoms with Gasteiger partial charge in [0, 0.05) is 24.8 Å². The average molecular weight is 219 g/mol. The highest BCUT2D eigenvalue weighted by Crippen LogP contribution is 2.21. The fourth-order valence-electron chi connectivity index (χ4n) is 1.84. The molecular formula is C13H21N3. The third-order valence-electron chi connectivity index (χ3n) is 2.49. The number of aryl methyl sites for hydroxylation is 1. The number of rotatable bonds is 4. The van der Waals surface area contributed by atoms with Crippen LogP contribution < -0.4 is 10.6 Å². The van der Waals surface area contributed by atoms with Gasteiger partial charge in [0.15, 0.2) is 0 Å². The standard InChI is InChI=1S/C13H21N3/c1-9(2)8-16(4)12-6-5-10(3)7-11(12)13(14)15/h5-7,9H,8H2,1-4H3,(H3,14,15). The Balaban J connectivity index is 3.07. The number of benzene rings is 1. The molecule has 0 bridgehead atoms. The maximum absolute atomic E-state index is 7.60. The molecule has 3 nitrogen and oxygen atoms in total. The normalized spacial score (nSPS) is 10.6. The maximum Gasteiger partial charge on any atom is 0.124 e. The van der Waals surface area contributed by atoms with Gasteiger partial charge in [0.2, 0.25) is 0 Å². The molecule has 88 valence electrons. The Hall–Kier alpha value is -1.51. The van der Waals surface area contributed by atoms with E-state index >= 15 is 0 Å². The monoisotopic (exact) mass is 219 g/mol. The third-order valence-corrected chi connectivity index (χ3v) is 2.49. The summed E-state index contributed by atoms with van der Waals surface area (Å²) < 4.78 is 0. The molecule has 1 aromatic rings. The second-order valence-electron chi connectivity index (χ2n) is 4.71. The van der Waals surface area contributed by atoms with Crippen LogP contribution in [0.5, 0.6) is 0 Å². The largest absolute Gasteiger partial charge is 0.384 e. The zero-order valence-electron chi connectivity index (χ0n) is 10.5. The van der Waals surface area contributed by atoms with E-state index in [1.807, 2.05) is 26.1 Å². The molecular weight excluding hydrogens is 198 g/mol. The molecule has 1 aromatic carbocycles. The molecule has 3 heteroatoms. The molecule has 0 saturated carbocycles. The Morgan fingerprint density at radius 2 is 2.06 bits per heavy atom. The fourth-order valence-corrected chi connectivity index (χ4v) is 1.84. The van der Waals surface area contributed by atoms with Crippen LogP contribution in [0.2, 0.25) is 0 Å². The number of hydrogen-bond acceptors (Lipinski definition) is 2. The third kappa shape index (κ3) is 2.99. The SMILES string of the molecule is Cc1ccc(N(C)CC(C)C)c(C(=N)N)c1. The second kappa shape index (κ2) is 5.01. The Morgan fingerprint density at radius 1 is 1.44 bits per heavy atom. The minimum Gasteiger partial charge on any atom is -0.384 e. The molecule has 0 saturated heterocycles. The van der Waals surface area contributed by atoms with E-state index in [0.717, 1.165) is 23.4 Å². The van der Waals surface area contributed by atoms with E-state index in [1.165, 1.54) is 0 Å². The van der Waals surface area contributed by atoms with Crippen LogP contribution in [0.15, 0.2) is 18.2 Å². The maximum atomic E-state index is 7.60. The van der Waals surface area contributed by atoms with Crippen molar-refractivity contribution in [2.75, 3.05) is 18.5 Å². The molecule has 0 aliphatic carbocycles. The number of anilines is 1. The number of nitrogen functional groups attached to an aromatic ring is 1. The molecule has 0 heterocycles. The van der Waals surface area contributed by atoms with Gasteiger partial charge in [-0.05, 0) is 25.0 Å². The molecule has 0 radical (unpaired) electrons. The predicted octanol–water partition coefficient (Wildman–Crippen LogP) is 2.37. The molecule has 3 N–H and O–H groups in total. The molecule has 0 fully saturated rings. The minimum absolute atomic E-state index is 0.134. The van der Waals surface area contributed by atoms with Crippen molar-refractivity contribution in [3.63, 3.8) is 0 Å². The fraction of sp³-hybridized carbons (Fsp3) is 0.462. The molecule has 0 aliphatic rings. The van der Waals surface area contributed by atoms with E-state index in [-0.39, 0.29) is 5.84 Å². The van der Waals surface area contributed by atoms with Crippen LogP contribution in [0, 0.1) is 18.3 Å². The molecule has 0 aliphatic heterocycles. The summed E-state index contributed by atoms with van der Waals surface area (Å²) in [7, 11) is 2.04. The lowest BCUT2D eigenvalue weighted by molar-refractivity contribution is 0.638. The van der Waals surface area contributed by atoms with Gasteiger partial charge < -0.3 is 10.6 Å². The first-order valence-electron chi connectivity index (χ1n) is 5.58. The van der Waals surface area contributed by atoms with Crippen LogP contribution >= 0.6 is 0 Å². The van der Waals surface area contributed by atoms with Crippen LogP contribution in [0.3, 0.4) is 0 Å². The first-order chi connectivity index (χ1) is 7.41. The highest BCUT2D eigenvalue weighted by molar-refractivity contribution is 6.00. The van der Waals surface area contributed by atoms with E-state index in [4.69, 9.17) is 11.1 Å². The van der Waals surface area contributed by atoms with Gasteiger partial charge >= 0.3 is 0 Å². The zero-order valence-corrected chi connectivity index (χ0v) is 10.5. The van der Waals surface area contributed by atoms with Crippen LogP contribution in [0.25, 0.3) is 0 Å². The summed E-state index contributed by atoms with van der Waals surface area (Å²) in [4.78, 5) is 2.15. The topological polar surface area (TPSA) is 53.1 Å². The highest BCUT2D eigenvalue weighted by Gasteiger charge is 2.10. The molecule has 0 aromatic heterocycles. The van der Waals surface area contributed by atoms with Crippen LogP contribution in [0.1, 0.15) is 25.0 Å². The number of nitrogens with one attached hydrogen (secondary N) is 1. The van der Waals surface area contributed by atoms with Gasteiger partial charge in [0.25, 0.3) is 0 Å². The molecule has 0 unspecified atom stereocenters. The van der Waals surface area contributed by atoms with Crippen molar-refractivity contribution in [2.24, 2.45) is 11.7 Å². The number of hydrogen-bond donors (Lipinski definition) is 2. The number of nitrogens with two attached hydrogens (primary N) is 1. The van der Waals surface area contributed by atoms with Crippen LogP contribution in [-0.2, 0) is 0 Å². The summed E-state index contributed by atoms with van der Waals surface area (Å²) in [5.74, 6) is 0.723. The van der Waals surface area contributed by atoms with E-state index < -0.39 is 0 Å². The van der Waals surface area contributed by atoms with E-state index in [0.29, 0.717) is 5.92 Å². The Bertz CT molecular complexity index is 383. The highest BCUT2D eigenvalue weighted by atomic mass is 15.1. The van der Waals surface area contributed by atoms with Gasteiger partial charge in [-0.25, -0.2) is 0 Å². The summed E-state index contributed by atoms with van der Waals surface area (Å²) in [5.41, 5.74) is 8.60. The van der Waals surface area contributed by atoms with Crippen molar-refractivity contribution in [1.29, 1.82) is 5.41 Å². The first-order valence-corrected chi connectivity index (χ1v) is 5.58. The summed E-state index contributed by atoms with van der Waals surface area (Å²) in [5, 5.41) is 7.60. The molecule has 0 amide bonds. The van der Waals surface area contributed by atoms with Crippen LogP contribution in [-0.4, -0.2) is 19.4 Å². The average Bonchev–Trinajstić information content (AvgIpc) is 2.16. The Labute approximate surface area is 97.8 Å². The molecule has 0 spiro atoms. The van der Waals surface area contributed by atoms with Gasteiger partial charge in [-0.3, -0.25) is 5.41 Å².